The molecule has 2 rings (SSSR count). The van der Waals surface area contributed by atoms with E-state index in [1.807, 2.05) is 0 Å². The second kappa shape index (κ2) is 9.17. The van der Waals surface area contributed by atoms with Gasteiger partial charge in [-0.3, -0.25) is 0 Å². The zero-order valence-electron chi connectivity index (χ0n) is 17.1. The first-order chi connectivity index (χ1) is 13.6. The maximum absolute atomic E-state index is 14.7. The van der Waals surface area contributed by atoms with Crippen molar-refractivity contribution in [2.24, 2.45) is 0 Å². The number of carbonyl (C=O) groups is 2. The van der Waals surface area contributed by atoms with Gasteiger partial charge in [-0.05, 0) is 33.8 Å². The third-order valence-corrected chi connectivity index (χ3v) is 4.77. The average Bonchev–Trinajstić information content (AvgIpc) is 2.62. The zero-order valence-corrected chi connectivity index (χ0v) is 17.1. The molecule has 0 aromatic heterocycles. The SMILES string of the molecule is COCCN1C(C)=C(C(=O)O)C(c2cccc(F)c2F)C(C(=O)OC(C)C)=C1C. The van der Waals surface area contributed by atoms with Gasteiger partial charge in [-0.25, -0.2) is 18.4 Å². The van der Waals surface area contributed by atoms with Crippen molar-refractivity contribution in [2.75, 3.05) is 20.3 Å². The predicted molar refractivity (Wildman–Crippen MR) is 102 cm³/mol. The summed E-state index contributed by atoms with van der Waals surface area (Å²) in [6.45, 7) is 7.04. The number of carboxylic acids is 1. The van der Waals surface area contributed by atoms with Crippen molar-refractivity contribution in [1.82, 2.24) is 4.90 Å². The fourth-order valence-corrected chi connectivity index (χ4v) is 3.50. The minimum atomic E-state index is -1.33. The van der Waals surface area contributed by atoms with Crippen LogP contribution in [0.5, 0.6) is 0 Å². The molecule has 1 aliphatic heterocycles. The van der Waals surface area contributed by atoms with Gasteiger partial charge in [0.25, 0.3) is 0 Å². The first-order valence-electron chi connectivity index (χ1n) is 9.17. The first kappa shape index (κ1) is 22.5. The number of nitrogens with zero attached hydrogens (tertiary/aromatic N) is 1. The normalized spacial score (nSPS) is 17.2. The molecule has 0 radical (unpaired) electrons. The number of carbonyl (C=O) groups excluding carboxylic acids is 1. The van der Waals surface area contributed by atoms with Gasteiger partial charge in [-0.15, -0.1) is 0 Å². The Morgan fingerprint density at radius 1 is 1.17 bits per heavy atom. The van der Waals surface area contributed by atoms with E-state index in [2.05, 4.69) is 0 Å². The molecule has 158 valence electrons. The Labute approximate surface area is 168 Å². The van der Waals surface area contributed by atoms with E-state index in [9.17, 15) is 23.5 Å². The van der Waals surface area contributed by atoms with E-state index in [1.54, 1.807) is 32.6 Å². The van der Waals surface area contributed by atoms with E-state index < -0.39 is 35.6 Å². The number of ether oxygens (including phenoxy) is 2. The highest BCUT2D eigenvalue weighted by Gasteiger charge is 2.41. The van der Waals surface area contributed by atoms with Crippen molar-refractivity contribution >= 4 is 11.9 Å². The Hall–Kier alpha value is -2.74. The van der Waals surface area contributed by atoms with Gasteiger partial charge < -0.3 is 19.5 Å². The van der Waals surface area contributed by atoms with Crippen LogP contribution in [0, 0.1) is 11.6 Å². The molecular weight excluding hydrogens is 384 g/mol. The van der Waals surface area contributed by atoms with E-state index in [1.165, 1.54) is 19.2 Å². The third kappa shape index (κ3) is 4.48. The molecule has 0 saturated heterocycles. The summed E-state index contributed by atoms with van der Waals surface area (Å²) in [5.41, 5.74) is 0.239. The summed E-state index contributed by atoms with van der Waals surface area (Å²) in [5.74, 6) is -5.74. The van der Waals surface area contributed by atoms with E-state index in [-0.39, 0.29) is 29.9 Å². The summed E-state index contributed by atoms with van der Waals surface area (Å²) in [6, 6.07) is 3.49. The molecule has 1 aliphatic rings. The summed E-state index contributed by atoms with van der Waals surface area (Å²) < 4.78 is 39.0. The van der Waals surface area contributed by atoms with Gasteiger partial charge in [0.15, 0.2) is 11.6 Å². The highest BCUT2D eigenvalue weighted by atomic mass is 19.2. The molecule has 1 N–H and O–H groups in total. The predicted octanol–water partition coefficient (Wildman–Crippen LogP) is 3.59. The number of benzene rings is 1. The van der Waals surface area contributed by atoms with Crippen LogP contribution in [0.25, 0.3) is 0 Å². The van der Waals surface area contributed by atoms with Crippen LogP contribution in [0.4, 0.5) is 8.78 Å². The molecule has 0 aliphatic carbocycles. The largest absolute Gasteiger partial charge is 0.478 e. The number of halogens is 2. The van der Waals surface area contributed by atoms with Crippen molar-refractivity contribution in [3.63, 3.8) is 0 Å². The van der Waals surface area contributed by atoms with Crippen LogP contribution in [0.15, 0.2) is 40.7 Å². The van der Waals surface area contributed by atoms with Crippen LogP contribution in [-0.2, 0) is 19.1 Å². The molecule has 1 atom stereocenters. The van der Waals surface area contributed by atoms with Crippen molar-refractivity contribution < 1.29 is 33.0 Å². The van der Waals surface area contributed by atoms with Gasteiger partial charge in [0.05, 0.1) is 29.8 Å². The number of esters is 1. The van der Waals surface area contributed by atoms with E-state index in [0.29, 0.717) is 11.4 Å². The Morgan fingerprint density at radius 3 is 2.34 bits per heavy atom. The lowest BCUT2D eigenvalue weighted by Gasteiger charge is -2.37. The number of aliphatic carboxylic acids is 1. The first-order valence-corrected chi connectivity index (χ1v) is 9.17. The fourth-order valence-electron chi connectivity index (χ4n) is 3.50. The third-order valence-electron chi connectivity index (χ3n) is 4.77. The van der Waals surface area contributed by atoms with Crippen LogP contribution in [0.1, 0.15) is 39.2 Å². The zero-order chi connectivity index (χ0) is 21.9. The highest BCUT2D eigenvalue weighted by Crippen LogP contribution is 2.43. The topological polar surface area (TPSA) is 76.1 Å². The second-order valence-electron chi connectivity index (χ2n) is 6.98. The van der Waals surface area contributed by atoms with Crippen LogP contribution in [0.2, 0.25) is 0 Å². The maximum atomic E-state index is 14.7. The molecule has 1 unspecified atom stereocenters. The van der Waals surface area contributed by atoms with Crippen LogP contribution >= 0.6 is 0 Å². The number of hydrogen-bond acceptors (Lipinski definition) is 5. The highest BCUT2D eigenvalue weighted by molar-refractivity contribution is 5.99. The monoisotopic (exact) mass is 409 g/mol. The molecular formula is C21H25F2NO5. The lowest BCUT2D eigenvalue weighted by atomic mass is 9.79. The molecule has 1 aromatic rings. The van der Waals surface area contributed by atoms with Crippen LogP contribution in [0.3, 0.4) is 0 Å². The van der Waals surface area contributed by atoms with Gasteiger partial charge in [-0.1, -0.05) is 12.1 Å². The number of carboxylic acid groups (broad SMARTS) is 1. The van der Waals surface area contributed by atoms with E-state index in [4.69, 9.17) is 9.47 Å². The molecule has 8 heteroatoms. The van der Waals surface area contributed by atoms with E-state index >= 15 is 0 Å². The quantitative estimate of drug-likeness (QED) is 0.694. The Kier molecular flexibility index (Phi) is 7.13. The second-order valence-corrected chi connectivity index (χ2v) is 6.98. The Morgan fingerprint density at radius 2 is 1.79 bits per heavy atom. The summed E-state index contributed by atoms with van der Waals surface area (Å²) in [6.07, 6.45) is -0.478. The minimum absolute atomic E-state index is 0.0395. The summed E-state index contributed by atoms with van der Waals surface area (Å²) in [5, 5.41) is 9.90. The number of rotatable bonds is 7. The minimum Gasteiger partial charge on any atom is -0.478 e. The van der Waals surface area contributed by atoms with Crippen molar-refractivity contribution in [3.05, 3.63) is 57.9 Å². The number of hydrogen-bond donors (Lipinski definition) is 1. The smallest absolute Gasteiger partial charge is 0.337 e. The lowest BCUT2D eigenvalue weighted by Crippen LogP contribution is -2.37. The molecule has 0 saturated carbocycles. The van der Waals surface area contributed by atoms with Gasteiger partial charge in [0.2, 0.25) is 0 Å². The molecule has 0 amide bonds. The lowest BCUT2D eigenvalue weighted by molar-refractivity contribution is -0.143. The summed E-state index contributed by atoms with van der Waals surface area (Å²) in [4.78, 5) is 26.7. The standard InChI is InChI=1S/C21H25F2NO5/c1-11(2)29-21(27)17-13(4)24(9-10-28-5)12(3)16(20(25)26)18(17)14-7-6-8-15(22)19(14)23/h6-8,11,18H,9-10H2,1-5H3,(H,25,26). The molecule has 1 heterocycles. The summed E-state index contributed by atoms with van der Waals surface area (Å²) in [7, 11) is 1.50. The Balaban J connectivity index is 2.79. The van der Waals surface area contributed by atoms with Crippen molar-refractivity contribution in [1.29, 1.82) is 0 Å². The van der Waals surface area contributed by atoms with E-state index in [0.717, 1.165) is 6.07 Å². The summed E-state index contributed by atoms with van der Waals surface area (Å²) >= 11 is 0. The fraction of sp³-hybridized carbons (Fsp3) is 0.429. The number of methoxy groups -OCH3 is 1. The number of allylic oxidation sites excluding steroid dienone is 2. The molecule has 6 nitrogen and oxygen atoms in total. The van der Waals surface area contributed by atoms with Gasteiger partial charge in [-0.2, -0.15) is 0 Å². The maximum Gasteiger partial charge on any atom is 0.337 e. The molecule has 0 bridgehead atoms. The molecule has 1 aromatic carbocycles. The molecule has 0 fully saturated rings. The molecule has 29 heavy (non-hydrogen) atoms. The van der Waals surface area contributed by atoms with Crippen LogP contribution < -0.4 is 0 Å². The van der Waals surface area contributed by atoms with Crippen molar-refractivity contribution in [3.8, 4) is 0 Å². The average molecular weight is 409 g/mol. The van der Waals surface area contributed by atoms with Gasteiger partial charge in [0, 0.05) is 30.6 Å². The van der Waals surface area contributed by atoms with Gasteiger partial charge in [0.1, 0.15) is 0 Å². The molecule has 0 spiro atoms. The van der Waals surface area contributed by atoms with Crippen LogP contribution in [-0.4, -0.2) is 48.3 Å². The Bertz CT molecular complexity index is 876. The van der Waals surface area contributed by atoms with Crippen molar-refractivity contribution in [2.45, 2.75) is 39.7 Å². The van der Waals surface area contributed by atoms with Gasteiger partial charge >= 0.3 is 11.9 Å².